The molecule has 0 bridgehead atoms. The second-order valence-corrected chi connectivity index (χ2v) is 11.9. The molecule has 3 atom stereocenters. The Hall–Kier alpha value is -4.38. The number of amides is 3. The van der Waals surface area contributed by atoms with Gasteiger partial charge < -0.3 is 35.2 Å². The number of benzene rings is 2. The number of nitrogens with zero attached hydrogens (tertiary/aromatic N) is 1. The molecule has 0 aliphatic rings. The number of rotatable bonds is 12. The van der Waals surface area contributed by atoms with Gasteiger partial charge in [-0.2, -0.15) is 0 Å². The second kappa shape index (κ2) is 15.2. The van der Waals surface area contributed by atoms with Crippen LogP contribution < -0.4 is 10.6 Å². The van der Waals surface area contributed by atoms with Crippen LogP contribution in [-0.2, 0) is 30.3 Å². The number of carbonyl (C=O) groups is 4. The van der Waals surface area contributed by atoms with E-state index >= 15 is 0 Å². The van der Waals surface area contributed by atoms with Crippen LogP contribution in [0, 0.1) is 0 Å². The van der Waals surface area contributed by atoms with Crippen molar-refractivity contribution >= 4 is 23.9 Å². The number of carbonyl (C=O) groups excluding carboxylic acids is 4. The molecule has 0 saturated heterocycles. The summed E-state index contributed by atoms with van der Waals surface area (Å²) >= 11 is 0. The standard InChI is InChI=1S/C32H43N3O8/c1-8-17-35(28(39)25(20-36)34-30(41)43-32(5,6)7)26(22-15-12-16-23(37)19-22)27(38)33-24(29(40)42-31(2,3)4)18-21-13-10-9-11-14-21/h8-16,19,24-26,36-37H,1,17-18,20H2,2-7H3,(H,33,38)(H,34,41). The van der Waals surface area contributed by atoms with Gasteiger partial charge in [0.25, 0.3) is 0 Å². The highest BCUT2D eigenvalue weighted by Crippen LogP contribution is 2.26. The number of aromatic hydroxyl groups is 1. The highest BCUT2D eigenvalue weighted by molar-refractivity contribution is 5.94. The molecule has 11 nitrogen and oxygen atoms in total. The number of phenols is 1. The van der Waals surface area contributed by atoms with Gasteiger partial charge in [0, 0.05) is 13.0 Å². The average Bonchev–Trinajstić information content (AvgIpc) is 2.89. The van der Waals surface area contributed by atoms with Crippen molar-refractivity contribution in [1.29, 1.82) is 0 Å². The van der Waals surface area contributed by atoms with E-state index in [1.807, 2.05) is 6.07 Å². The van der Waals surface area contributed by atoms with Gasteiger partial charge in [-0.25, -0.2) is 9.59 Å². The van der Waals surface area contributed by atoms with Crippen LogP contribution >= 0.6 is 0 Å². The lowest BCUT2D eigenvalue weighted by molar-refractivity contribution is -0.159. The van der Waals surface area contributed by atoms with E-state index in [0.717, 1.165) is 10.5 Å². The summed E-state index contributed by atoms with van der Waals surface area (Å²) in [4.78, 5) is 54.6. The van der Waals surface area contributed by atoms with Gasteiger partial charge >= 0.3 is 12.1 Å². The summed E-state index contributed by atoms with van der Waals surface area (Å²) in [5.74, 6) is -2.43. The lowest BCUT2D eigenvalue weighted by Crippen LogP contribution is -2.56. The van der Waals surface area contributed by atoms with Crippen molar-refractivity contribution in [3.05, 3.63) is 78.4 Å². The number of esters is 1. The van der Waals surface area contributed by atoms with Crippen molar-refractivity contribution in [2.24, 2.45) is 0 Å². The van der Waals surface area contributed by atoms with Gasteiger partial charge in [-0.05, 0) is 64.8 Å². The molecule has 0 saturated carbocycles. The maximum absolute atomic E-state index is 14.1. The first-order valence-electron chi connectivity index (χ1n) is 13.9. The summed E-state index contributed by atoms with van der Waals surface area (Å²) in [5, 5.41) is 25.3. The first-order chi connectivity index (χ1) is 20.0. The monoisotopic (exact) mass is 597 g/mol. The van der Waals surface area contributed by atoms with Gasteiger partial charge in [0.15, 0.2) is 0 Å². The van der Waals surface area contributed by atoms with Crippen LogP contribution in [-0.4, -0.2) is 75.4 Å². The molecule has 0 aromatic heterocycles. The van der Waals surface area contributed by atoms with Crippen molar-refractivity contribution in [2.75, 3.05) is 13.2 Å². The first-order valence-corrected chi connectivity index (χ1v) is 13.9. The zero-order valence-corrected chi connectivity index (χ0v) is 25.6. The lowest BCUT2D eigenvalue weighted by atomic mass is 10.0. The molecule has 0 fully saturated rings. The predicted octanol–water partition coefficient (Wildman–Crippen LogP) is 3.40. The van der Waals surface area contributed by atoms with Gasteiger partial charge in [0.1, 0.15) is 35.1 Å². The normalized spacial score (nSPS) is 13.6. The number of aliphatic hydroxyl groups is 1. The molecule has 2 rings (SSSR count). The fraction of sp³-hybridized carbons (Fsp3) is 0.438. The molecular formula is C32H43N3O8. The van der Waals surface area contributed by atoms with Crippen molar-refractivity contribution in [2.45, 2.75) is 77.3 Å². The van der Waals surface area contributed by atoms with Gasteiger partial charge in [0.05, 0.1) is 6.61 Å². The molecule has 0 aliphatic carbocycles. The number of alkyl carbamates (subject to hydrolysis) is 1. The van der Waals surface area contributed by atoms with Crippen LogP contribution in [0.25, 0.3) is 0 Å². The molecule has 4 N–H and O–H groups in total. The van der Waals surface area contributed by atoms with Gasteiger partial charge in [-0.1, -0.05) is 48.5 Å². The second-order valence-electron chi connectivity index (χ2n) is 11.9. The Morgan fingerprint density at radius 1 is 0.907 bits per heavy atom. The molecular weight excluding hydrogens is 554 g/mol. The average molecular weight is 598 g/mol. The van der Waals surface area contributed by atoms with E-state index in [0.29, 0.717) is 0 Å². The number of ether oxygens (including phenoxy) is 2. The fourth-order valence-corrected chi connectivity index (χ4v) is 4.13. The largest absolute Gasteiger partial charge is 0.508 e. The Morgan fingerprint density at radius 3 is 2.07 bits per heavy atom. The van der Waals surface area contributed by atoms with E-state index in [1.54, 1.807) is 65.8 Å². The topological polar surface area (TPSA) is 154 Å². The van der Waals surface area contributed by atoms with E-state index < -0.39 is 59.8 Å². The Balaban J connectivity index is 2.52. The zero-order valence-electron chi connectivity index (χ0n) is 25.6. The van der Waals surface area contributed by atoms with E-state index in [-0.39, 0.29) is 24.3 Å². The highest BCUT2D eigenvalue weighted by Gasteiger charge is 2.38. The molecule has 2 aromatic rings. The fourth-order valence-electron chi connectivity index (χ4n) is 4.13. The summed E-state index contributed by atoms with van der Waals surface area (Å²) < 4.78 is 10.8. The Kier molecular flexibility index (Phi) is 12.3. The summed E-state index contributed by atoms with van der Waals surface area (Å²) in [7, 11) is 0. The minimum absolute atomic E-state index is 0.100. The summed E-state index contributed by atoms with van der Waals surface area (Å²) in [6, 6.07) is 10.7. The highest BCUT2D eigenvalue weighted by atomic mass is 16.6. The van der Waals surface area contributed by atoms with E-state index in [2.05, 4.69) is 17.2 Å². The summed E-state index contributed by atoms with van der Waals surface area (Å²) in [6.07, 6.45) is 0.533. The van der Waals surface area contributed by atoms with Gasteiger partial charge in [-0.15, -0.1) is 6.58 Å². The Bertz CT molecular complexity index is 1270. The van der Waals surface area contributed by atoms with Crippen LogP contribution in [0.2, 0.25) is 0 Å². The number of hydrogen-bond acceptors (Lipinski definition) is 8. The molecule has 43 heavy (non-hydrogen) atoms. The molecule has 3 unspecified atom stereocenters. The van der Waals surface area contributed by atoms with Crippen molar-refractivity contribution in [1.82, 2.24) is 15.5 Å². The lowest BCUT2D eigenvalue weighted by Gasteiger charge is -2.34. The number of hydrogen-bond donors (Lipinski definition) is 4. The molecule has 0 aliphatic heterocycles. The van der Waals surface area contributed by atoms with Crippen molar-refractivity contribution in [3.63, 3.8) is 0 Å². The number of nitrogens with one attached hydrogen (secondary N) is 2. The van der Waals surface area contributed by atoms with Crippen LogP contribution in [0.1, 0.15) is 58.7 Å². The van der Waals surface area contributed by atoms with Crippen LogP contribution in [0.4, 0.5) is 4.79 Å². The minimum Gasteiger partial charge on any atom is -0.508 e. The summed E-state index contributed by atoms with van der Waals surface area (Å²) in [5.41, 5.74) is -0.737. The van der Waals surface area contributed by atoms with Crippen LogP contribution in [0.3, 0.4) is 0 Å². The zero-order chi connectivity index (χ0) is 32.4. The van der Waals surface area contributed by atoms with Gasteiger partial charge in [-0.3, -0.25) is 9.59 Å². The Labute approximate surface area is 252 Å². The third-order valence-electron chi connectivity index (χ3n) is 5.82. The van der Waals surface area contributed by atoms with E-state index in [4.69, 9.17) is 9.47 Å². The number of phenolic OH excluding ortho intramolecular Hbond substituents is 1. The molecule has 2 aromatic carbocycles. The molecule has 0 heterocycles. The molecule has 0 radical (unpaired) electrons. The third-order valence-corrected chi connectivity index (χ3v) is 5.82. The molecule has 11 heteroatoms. The SMILES string of the molecule is C=CCN(C(=O)C(CO)NC(=O)OC(C)(C)C)C(C(=O)NC(Cc1ccccc1)C(=O)OC(C)(C)C)c1cccc(O)c1. The number of aliphatic hydroxyl groups excluding tert-OH is 1. The smallest absolute Gasteiger partial charge is 0.408 e. The van der Waals surface area contributed by atoms with E-state index in [1.165, 1.54) is 30.3 Å². The van der Waals surface area contributed by atoms with Crippen LogP contribution in [0.15, 0.2) is 67.3 Å². The van der Waals surface area contributed by atoms with Crippen LogP contribution in [0.5, 0.6) is 5.75 Å². The van der Waals surface area contributed by atoms with Gasteiger partial charge in [0.2, 0.25) is 11.8 Å². The quantitative estimate of drug-likeness (QED) is 0.214. The minimum atomic E-state index is -1.48. The van der Waals surface area contributed by atoms with E-state index in [9.17, 15) is 29.4 Å². The molecule has 234 valence electrons. The maximum Gasteiger partial charge on any atom is 0.408 e. The van der Waals surface area contributed by atoms with Crippen molar-refractivity contribution < 1.29 is 38.9 Å². The van der Waals surface area contributed by atoms with Crippen molar-refractivity contribution in [3.8, 4) is 5.75 Å². The maximum atomic E-state index is 14.1. The predicted molar refractivity (Wildman–Crippen MR) is 161 cm³/mol. The molecule has 3 amide bonds. The molecule has 0 spiro atoms. The summed E-state index contributed by atoms with van der Waals surface area (Å²) in [6.45, 7) is 12.8. The third kappa shape index (κ3) is 11.4. The first kappa shape index (κ1) is 34.8. The Morgan fingerprint density at radius 2 is 1.53 bits per heavy atom.